The molecule has 0 aliphatic rings. The summed E-state index contributed by atoms with van der Waals surface area (Å²) in [6, 6.07) is 7.25. The molecule has 1 aromatic rings. The Hall–Kier alpha value is 0.0974. The van der Waals surface area contributed by atoms with Gasteiger partial charge in [0.25, 0.3) is 0 Å². The van der Waals surface area contributed by atoms with Crippen LogP contribution in [-0.4, -0.2) is 6.26 Å². The Labute approximate surface area is 76.4 Å². The number of halogens is 1. The van der Waals surface area contributed by atoms with Crippen molar-refractivity contribution in [3.8, 4) is 0 Å². The Morgan fingerprint density at radius 3 is 2.60 bits per heavy atom. The maximum absolute atomic E-state index is 12.3. The van der Waals surface area contributed by atoms with E-state index in [1.54, 1.807) is 6.07 Å². The van der Waals surface area contributed by atoms with Gasteiger partial charge in [-0.15, -0.1) is 12.1 Å². The summed E-state index contributed by atoms with van der Waals surface area (Å²) in [7, 11) is 0. The monoisotopic (exact) mass is 148 g/mol. The van der Waals surface area contributed by atoms with Gasteiger partial charge in [0.15, 0.2) is 0 Å². The molecule has 0 radical (unpaired) electrons. The van der Waals surface area contributed by atoms with Gasteiger partial charge in [0.2, 0.25) is 0 Å². The number of rotatable bonds is 1. The molecule has 0 nitrogen and oxygen atoms in total. The second-order valence-corrected chi connectivity index (χ2v) is 2.47. The van der Waals surface area contributed by atoms with Gasteiger partial charge in [0.05, 0.1) is 0 Å². The third kappa shape index (κ3) is 2.79. The normalized spacial score (nSPS) is 8.60. The minimum absolute atomic E-state index is 0. The molecule has 3 heteroatoms. The molecule has 1 rings (SSSR count). The van der Waals surface area contributed by atoms with Crippen molar-refractivity contribution in [3.05, 3.63) is 30.1 Å². The molecule has 0 heterocycles. The fraction of sp³-hybridized carbons (Fsp3) is 0.143. The smallest absolute Gasteiger partial charge is 0.284 e. The molecule has 0 saturated carbocycles. The van der Waals surface area contributed by atoms with Crippen molar-refractivity contribution in [1.29, 1.82) is 0 Å². The summed E-state index contributed by atoms with van der Waals surface area (Å²) in [4.78, 5) is 0.912. The molecule has 0 N–H and O–H groups in total. The van der Waals surface area contributed by atoms with E-state index in [2.05, 4.69) is 6.07 Å². The summed E-state index contributed by atoms with van der Waals surface area (Å²) in [5, 5.41) is 0. The largest absolute Gasteiger partial charge is 1.00 e. The van der Waals surface area contributed by atoms with Crippen LogP contribution in [0.3, 0.4) is 0 Å². The molecule has 0 aromatic heterocycles. The van der Waals surface area contributed by atoms with Crippen LogP contribution in [0.4, 0.5) is 4.39 Å². The molecule has 0 amide bonds. The zero-order chi connectivity index (χ0) is 6.69. The molecule has 10 heavy (non-hydrogen) atoms. The molecule has 0 saturated heterocycles. The number of benzene rings is 1. The van der Waals surface area contributed by atoms with E-state index < -0.39 is 0 Å². The van der Waals surface area contributed by atoms with Crippen LogP contribution in [0, 0.1) is 11.9 Å². The maximum atomic E-state index is 12.3. The van der Waals surface area contributed by atoms with E-state index >= 15 is 0 Å². The SMILES string of the molecule is CSc1c[c-]cc(F)c1.[Li+]. The number of hydrogen-bond acceptors (Lipinski definition) is 1. The molecule has 0 spiro atoms. The predicted octanol–water partition coefficient (Wildman–Crippen LogP) is -0.648. The van der Waals surface area contributed by atoms with Crippen LogP contribution >= 0.6 is 11.8 Å². The first-order chi connectivity index (χ1) is 4.33. The quantitative estimate of drug-likeness (QED) is 0.290. The third-order valence-electron chi connectivity index (χ3n) is 0.963. The Kier molecular flexibility index (Phi) is 4.89. The molecule has 48 valence electrons. The first-order valence-electron chi connectivity index (χ1n) is 2.53. The summed E-state index contributed by atoms with van der Waals surface area (Å²) in [6.07, 6.45) is 1.91. The van der Waals surface area contributed by atoms with Gasteiger partial charge in [0, 0.05) is 5.82 Å². The van der Waals surface area contributed by atoms with Crippen molar-refractivity contribution in [1.82, 2.24) is 0 Å². The van der Waals surface area contributed by atoms with Crippen molar-refractivity contribution in [2.45, 2.75) is 4.90 Å². The minimum Gasteiger partial charge on any atom is -0.284 e. The minimum atomic E-state index is -0.221. The van der Waals surface area contributed by atoms with Gasteiger partial charge in [-0.05, 0) is 6.26 Å². The van der Waals surface area contributed by atoms with Gasteiger partial charge in [-0.1, -0.05) is 4.90 Å². The van der Waals surface area contributed by atoms with Crippen LogP contribution < -0.4 is 18.9 Å². The second-order valence-electron chi connectivity index (χ2n) is 1.59. The summed E-state index contributed by atoms with van der Waals surface area (Å²) < 4.78 is 12.3. The molecule has 0 atom stereocenters. The summed E-state index contributed by atoms with van der Waals surface area (Å²) in [6.45, 7) is 0. The standard InChI is InChI=1S/C7H6FS.Li/c1-9-7-4-2-3-6(8)5-7;/h3-5H,1H3;/q-1;+1. The Bertz CT molecular complexity index is 203. The molecule has 1 aromatic carbocycles. The van der Waals surface area contributed by atoms with Crippen molar-refractivity contribution < 1.29 is 23.3 Å². The predicted molar refractivity (Wildman–Crippen MR) is 37.0 cm³/mol. The fourth-order valence-electron chi connectivity index (χ4n) is 0.540. The molecule has 0 aliphatic heterocycles. The van der Waals surface area contributed by atoms with Gasteiger partial charge >= 0.3 is 18.9 Å². The number of thioether (sulfide) groups is 1. The van der Waals surface area contributed by atoms with E-state index in [1.165, 1.54) is 23.9 Å². The van der Waals surface area contributed by atoms with Crippen LogP contribution in [0.1, 0.15) is 0 Å². The molecule has 0 bridgehead atoms. The number of hydrogen-bond donors (Lipinski definition) is 0. The topological polar surface area (TPSA) is 0 Å². The maximum Gasteiger partial charge on any atom is 1.00 e. The average Bonchev–Trinajstić information content (AvgIpc) is 1.88. The van der Waals surface area contributed by atoms with Gasteiger partial charge < -0.3 is 0 Å². The van der Waals surface area contributed by atoms with Crippen LogP contribution in [0.5, 0.6) is 0 Å². The zero-order valence-corrected chi connectivity index (χ0v) is 6.83. The summed E-state index contributed by atoms with van der Waals surface area (Å²) in [5.41, 5.74) is 0. The van der Waals surface area contributed by atoms with Gasteiger partial charge in [-0.25, -0.2) is 0 Å². The van der Waals surface area contributed by atoms with Crippen molar-refractivity contribution in [3.63, 3.8) is 0 Å². The molecule has 0 fully saturated rings. The van der Waals surface area contributed by atoms with E-state index in [0.717, 1.165) is 4.90 Å². The fourth-order valence-corrected chi connectivity index (χ4v) is 0.957. The zero-order valence-electron chi connectivity index (χ0n) is 6.02. The molecular weight excluding hydrogens is 142 g/mol. The van der Waals surface area contributed by atoms with E-state index in [9.17, 15) is 4.39 Å². The van der Waals surface area contributed by atoms with Crippen LogP contribution in [0.25, 0.3) is 0 Å². The van der Waals surface area contributed by atoms with Crippen LogP contribution in [0.2, 0.25) is 0 Å². The summed E-state index contributed by atoms with van der Waals surface area (Å²) in [5.74, 6) is -0.221. The van der Waals surface area contributed by atoms with Crippen LogP contribution in [0.15, 0.2) is 23.1 Å². The van der Waals surface area contributed by atoms with Crippen molar-refractivity contribution >= 4 is 11.8 Å². The van der Waals surface area contributed by atoms with E-state index in [-0.39, 0.29) is 24.7 Å². The van der Waals surface area contributed by atoms with E-state index in [4.69, 9.17) is 0 Å². The van der Waals surface area contributed by atoms with Gasteiger partial charge in [-0.2, -0.15) is 23.9 Å². The Morgan fingerprint density at radius 1 is 1.50 bits per heavy atom. The Morgan fingerprint density at radius 2 is 2.20 bits per heavy atom. The molecular formula is C7H6FLiS. The first kappa shape index (κ1) is 10.1. The molecule has 0 aliphatic carbocycles. The third-order valence-corrected chi connectivity index (χ3v) is 1.67. The van der Waals surface area contributed by atoms with E-state index in [1.807, 2.05) is 6.26 Å². The van der Waals surface area contributed by atoms with Crippen molar-refractivity contribution in [2.75, 3.05) is 6.26 Å². The van der Waals surface area contributed by atoms with Crippen molar-refractivity contribution in [2.24, 2.45) is 0 Å². The molecule has 0 unspecified atom stereocenters. The van der Waals surface area contributed by atoms with Gasteiger partial charge in [0.1, 0.15) is 0 Å². The average molecular weight is 148 g/mol. The Balaban J connectivity index is 0.000000810. The van der Waals surface area contributed by atoms with Gasteiger partial charge in [-0.3, -0.25) is 4.39 Å². The van der Waals surface area contributed by atoms with E-state index in [0.29, 0.717) is 0 Å². The first-order valence-corrected chi connectivity index (χ1v) is 3.76. The van der Waals surface area contributed by atoms with Crippen LogP contribution in [-0.2, 0) is 0 Å². The second kappa shape index (κ2) is 4.84. The summed E-state index contributed by atoms with van der Waals surface area (Å²) >= 11 is 1.51.